The SMILES string of the molecule is Cc1cc(C)nc(Sc2ccc(C(C)N)cn2)n1. The van der Waals surface area contributed by atoms with E-state index in [1.54, 1.807) is 6.20 Å². The van der Waals surface area contributed by atoms with E-state index in [1.165, 1.54) is 11.8 Å². The van der Waals surface area contributed by atoms with Crippen LogP contribution >= 0.6 is 11.8 Å². The van der Waals surface area contributed by atoms with Gasteiger partial charge in [-0.15, -0.1) is 0 Å². The highest BCUT2D eigenvalue weighted by atomic mass is 32.2. The normalized spacial score (nSPS) is 12.4. The van der Waals surface area contributed by atoms with Crippen molar-refractivity contribution in [3.63, 3.8) is 0 Å². The molecule has 0 aromatic carbocycles. The fraction of sp³-hybridized carbons (Fsp3) is 0.308. The van der Waals surface area contributed by atoms with Gasteiger partial charge in [0.2, 0.25) is 0 Å². The molecule has 94 valence electrons. The summed E-state index contributed by atoms with van der Waals surface area (Å²) in [7, 11) is 0. The molecule has 0 aliphatic rings. The largest absolute Gasteiger partial charge is 0.324 e. The first-order chi connectivity index (χ1) is 8.54. The molecule has 0 radical (unpaired) electrons. The van der Waals surface area contributed by atoms with Crippen LogP contribution < -0.4 is 5.73 Å². The van der Waals surface area contributed by atoms with Gasteiger partial charge in [-0.1, -0.05) is 6.07 Å². The molecule has 2 aromatic heterocycles. The summed E-state index contributed by atoms with van der Waals surface area (Å²) in [5, 5.41) is 1.61. The van der Waals surface area contributed by atoms with Crippen LogP contribution in [0.1, 0.15) is 29.9 Å². The van der Waals surface area contributed by atoms with Gasteiger partial charge in [0.05, 0.1) is 0 Å². The van der Waals surface area contributed by atoms with Crippen molar-refractivity contribution in [2.75, 3.05) is 0 Å². The van der Waals surface area contributed by atoms with E-state index in [0.29, 0.717) is 0 Å². The third-order valence-corrected chi connectivity index (χ3v) is 3.26. The summed E-state index contributed by atoms with van der Waals surface area (Å²) in [4.78, 5) is 13.1. The minimum absolute atomic E-state index is 0.00835. The van der Waals surface area contributed by atoms with E-state index in [4.69, 9.17) is 5.73 Å². The second-order valence-electron chi connectivity index (χ2n) is 4.25. The quantitative estimate of drug-likeness (QED) is 0.859. The van der Waals surface area contributed by atoms with Crippen LogP contribution in [-0.2, 0) is 0 Å². The van der Waals surface area contributed by atoms with Gasteiger partial charge >= 0.3 is 0 Å². The Morgan fingerprint density at radius 1 is 1.17 bits per heavy atom. The summed E-state index contributed by atoms with van der Waals surface area (Å²) in [6.07, 6.45) is 1.80. The molecule has 5 heteroatoms. The van der Waals surface area contributed by atoms with E-state index < -0.39 is 0 Å². The lowest BCUT2D eigenvalue weighted by atomic mass is 10.2. The summed E-state index contributed by atoms with van der Waals surface area (Å²) in [6, 6.07) is 5.90. The molecule has 4 nitrogen and oxygen atoms in total. The molecule has 0 aliphatic heterocycles. The number of nitrogens with zero attached hydrogens (tertiary/aromatic N) is 3. The Morgan fingerprint density at radius 2 is 1.83 bits per heavy atom. The Morgan fingerprint density at radius 3 is 2.33 bits per heavy atom. The van der Waals surface area contributed by atoms with Gasteiger partial charge in [-0.3, -0.25) is 0 Å². The van der Waals surface area contributed by atoms with Crippen molar-refractivity contribution in [1.82, 2.24) is 15.0 Å². The van der Waals surface area contributed by atoms with Gasteiger partial charge in [0.25, 0.3) is 0 Å². The van der Waals surface area contributed by atoms with Crippen LogP contribution in [0.3, 0.4) is 0 Å². The topological polar surface area (TPSA) is 64.7 Å². The van der Waals surface area contributed by atoms with Gasteiger partial charge in [0.15, 0.2) is 5.16 Å². The lowest BCUT2D eigenvalue weighted by molar-refractivity contribution is 0.805. The average Bonchev–Trinajstić information content (AvgIpc) is 2.28. The number of nitrogens with two attached hydrogens (primary N) is 1. The van der Waals surface area contributed by atoms with Crippen LogP contribution in [0.2, 0.25) is 0 Å². The van der Waals surface area contributed by atoms with Crippen LogP contribution in [0.5, 0.6) is 0 Å². The maximum Gasteiger partial charge on any atom is 0.194 e. The predicted molar refractivity (Wildman–Crippen MR) is 72.5 cm³/mol. The highest BCUT2D eigenvalue weighted by Crippen LogP contribution is 2.23. The molecule has 0 bridgehead atoms. The molecule has 2 N–H and O–H groups in total. The van der Waals surface area contributed by atoms with Crippen molar-refractivity contribution >= 4 is 11.8 Å². The number of aryl methyl sites for hydroxylation is 2. The van der Waals surface area contributed by atoms with Crippen molar-refractivity contribution in [3.8, 4) is 0 Å². The van der Waals surface area contributed by atoms with Crippen LogP contribution in [0.4, 0.5) is 0 Å². The van der Waals surface area contributed by atoms with Gasteiger partial charge in [-0.2, -0.15) is 0 Å². The Hall–Kier alpha value is -1.46. The molecule has 0 aliphatic carbocycles. The van der Waals surface area contributed by atoms with E-state index >= 15 is 0 Å². The molecule has 2 aromatic rings. The Balaban J connectivity index is 2.18. The van der Waals surface area contributed by atoms with Crippen molar-refractivity contribution < 1.29 is 0 Å². The smallest absolute Gasteiger partial charge is 0.194 e. The zero-order valence-corrected chi connectivity index (χ0v) is 11.5. The Bertz CT molecular complexity index is 517. The van der Waals surface area contributed by atoms with Crippen molar-refractivity contribution in [2.45, 2.75) is 37.0 Å². The first kappa shape index (κ1) is 13.0. The molecule has 0 spiro atoms. The summed E-state index contributed by atoms with van der Waals surface area (Å²) in [5.74, 6) is 0. The third-order valence-electron chi connectivity index (χ3n) is 2.44. The summed E-state index contributed by atoms with van der Waals surface area (Å²) in [6.45, 7) is 5.87. The van der Waals surface area contributed by atoms with Crippen LogP contribution in [-0.4, -0.2) is 15.0 Å². The monoisotopic (exact) mass is 260 g/mol. The second kappa shape index (κ2) is 5.46. The van der Waals surface area contributed by atoms with Crippen molar-refractivity contribution in [3.05, 3.63) is 41.3 Å². The number of pyridine rings is 1. The molecule has 1 unspecified atom stereocenters. The average molecular weight is 260 g/mol. The molecule has 0 fully saturated rings. The molecule has 0 amide bonds. The number of hydrogen-bond acceptors (Lipinski definition) is 5. The van der Waals surface area contributed by atoms with Crippen molar-refractivity contribution in [1.29, 1.82) is 0 Å². The number of aromatic nitrogens is 3. The van der Waals surface area contributed by atoms with E-state index in [-0.39, 0.29) is 6.04 Å². The highest BCUT2D eigenvalue weighted by Gasteiger charge is 2.05. The molecule has 1 atom stereocenters. The van der Waals surface area contributed by atoms with E-state index in [2.05, 4.69) is 15.0 Å². The highest BCUT2D eigenvalue weighted by molar-refractivity contribution is 7.99. The second-order valence-corrected chi connectivity index (χ2v) is 5.24. The van der Waals surface area contributed by atoms with E-state index in [0.717, 1.165) is 27.1 Å². The molecule has 0 saturated heterocycles. The van der Waals surface area contributed by atoms with Crippen LogP contribution in [0, 0.1) is 13.8 Å². The summed E-state index contributed by atoms with van der Waals surface area (Å²) < 4.78 is 0. The molecule has 2 heterocycles. The molecule has 2 rings (SSSR count). The zero-order chi connectivity index (χ0) is 13.1. The molecular weight excluding hydrogens is 244 g/mol. The summed E-state index contributed by atoms with van der Waals surface area (Å²) >= 11 is 1.46. The van der Waals surface area contributed by atoms with Crippen molar-refractivity contribution in [2.24, 2.45) is 5.73 Å². The minimum Gasteiger partial charge on any atom is -0.324 e. The van der Waals surface area contributed by atoms with Crippen LogP contribution in [0.15, 0.2) is 34.6 Å². The Kier molecular flexibility index (Phi) is 3.93. The molecule has 18 heavy (non-hydrogen) atoms. The lowest BCUT2D eigenvalue weighted by Gasteiger charge is -2.06. The standard InChI is InChI=1S/C13H16N4S/c1-8-6-9(2)17-13(16-8)18-12-5-4-11(7-15-12)10(3)14/h4-7,10H,14H2,1-3H3. The first-order valence-corrected chi connectivity index (χ1v) is 6.58. The zero-order valence-electron chi connectivity index (χ0n) is 10.7. The van der Waals surface area contributed by atoms with Gasteiger partial charge in [0, 0.05) is 23.6 Å². The van der Waals surface area contributed by atoms with E-state index in [1.807, 2.05) is 39.0 Å². The molecule has 0 saturated carbocycles. The third kappa shape index (κ3) is 3.27. The lowest BCUT2D eigenvalue weighted by Crippen LogP contribution is -2.05. The maximum atomic E-state index is 5.78. The first-order valence-electron chi connectivity index (χ1n) is 5.76. The fourth-order valence-corrected chi connectivity index (χ4v) is 2.36. The Labute approximate surface area is 111 Å². The van der Waals surface area contributed by atoms with Gasteiger partial charge in [-0.25, -0.2) is 15.0 Å². The van der Waals surface area contributed by atoms with Gasteiger partial charge < -0.3 is 5.73 Å². The fourth-order valence-electron chi connectivity index (χ4n) is 1.55. The minimum atomic E-state index is 0.00835. The van der Waals surface area contributed by atoms with E-state index in [9.17, 15) is 0 Å². The van der Waals surface area contributed by atoms with Gasteiger partial charge in [0.1, 0.15) is 5.03 Å². The molecular formula is C13H16N4S. The maximum absolute atomic E-state index is 5.78. The summed E-state index contributed by atoms with van der Waals surface area (Å²) in [5.41, 5.74) is 8.75. The number of hydrogen-bond donors (Lipinski definition) is 1. The van der Waals surface area contributed by atoms with Gasteiger partial charge in [-0.05, 0) is 50.2 Å². The van der Waals surface area contributed by atoms with Crippen LogP contribution in [0.25, 0.3) is 0 Å². The number of rotatable bonds is 3. The predicted octanol–water partition coefficient (Wildman–Crippen LogP) is 2.66.